The Balaban J connectivity index is 2.71. The van der Waals surface area contributed by atoms with Crippen molar-refractivity contribution in [1.82, 2.24) is 0 Å². The monoisotopic (exact) mass is 268 g/mol. The molecule has 0 bridgehead atoms. The minimum Gasteiger partial charge on any atom is -0.140 e. The van der Waals surface area contributed by atoms with Gasteiger partial charge in [-0.2, -0.15) is 0 Å². The maximum Gasteiger partial charge on any atom is 0.0351 e. The van der Waals surface area contributed by atoms with Crippen molar-refractivity contribution in [3.05, 3.63) is 34.2 Å². The topological polar surface area (TPSA) is 0 Å². The Kier molecular flexibility index (Phi) is 2.93. The molecule has 74 valence electrons. The van der Waals surface area contributed by atoms with Crippen molar-refractivity contribution in [2.45, 2.75) is 25.6 Å². The number of hydrogen-bond donors (Lipinski definition) is 0. The van der Waals surface area contributed by atoms with Crippen LogP contribution in [0.4, 0.5) is 0 Å². The van der Waals surface area contributed by atoms with Crippen LogP contribution in [0.25, 0.3) is 10.1 Å². The van der Waals surface area contributed by atoms with Gasteiger partial charge in [-0.15, -0.1) is 11.3 Å². The lowest BCUT2D eigenvalue weighted by Gasteiger charge is -2.00. The third kappa shape index (κ3) is 1.73. The summed E-state index contributed by atoms with van der Waals surface area (Å²) >= 11 is 5.47. The molecule has 0 radical (unpaired) electrons. The van der Waals surface area contributed by atoms with Crippen molar-refractivity contribution in [2.24, 2.45) is 0 Å². The minimum atomic E-state index is 0.949. The predicted octanol–water partition coefficient (Wildman–Crippen LogP) is 4.67. The Morgan fingerprint density at radius 3 is 2.71 bits per heavy atom. The van der Waals surface area contributed by atoms with E-state index in [0.717, 1.165) is 11.8 Å². The second kappa shape index (κ2) is 4.03. The molecule has 0 atom stereocenters. The fourth-order valence-corrected chi connectivity index (χ4v) is 3.31. The van der Waals surface area contributed by atoms with E-state index in [4.69, 9.17) is 0 Å². The molecule has 2 rings (SSSR count). The lowest BCUT2D eigenvalue weighted by atomic mass is 10.1. The highest BCUT2D eigenvalue weighted by Crippen LogP contribution is 2.31. The molecule has 0 unspecified atom stereocenters. The molecule has 0 aliphatic heterocycles. The van der Waals surface area contributed by atoms with Crippen LogP contribution in [0.5, 0.6) is 0 Å². The third-order valence-corrected chi connectivity index (χ3v) is 4.24. The number of rotatable bonds is 2. The molecule has 0 aliphatic carbocycles. The third-order valence-electron chi connectivity index (χ3n) is 2.41. The van der Waals surface area contributed by atoms with Crippen LogP contribution in [0.15, 0.2) is 18.2 Å². The summed E-state index contributed by atoms with van der Waals surface area (Å²) in [5.41, 5.74) is 2.77. The van der Waals surface area contributed by atoms with Gasteiger partial charge in [0.2, 0.25) is 0 Å². The van der Waals surface area contributed by atoms with E-state index in [-0.39, 0.29) is 0 Å². The number of aryl methyl sites for hydroxylation is 2. The molecule has 0 fully saturated rings. The lowest BCUT2D eigenvalue weighted by molar-refractivity contribution is 1.19. The standard InChI is InChI=1S/C12H13BrS/c1-3-10-6-11-9(7-13)4-8(2)5-12(11)14-10/h4-6H,3,7H2,1-2H3. The zero-order valence-electron chi connectivity index (χ0n) is 8.43. The van der Waals surface area contributed by atoms with Crippen LogP contribution in [0.2, 0.25) is 0 Å². The van der Waals surface area contributed by atoms with Gasteiger partial charge in [0.25, 0.3) is 0 Å². The first-order valence-corrected chi connectivity index (χ1v) is 6.76. The maximum atomic E-state index is 3.55. The molecular weight excluding hydrogens is 256 g/mol. The summed E-state index contributed by atoms with van der Waals surface area (Å²) in [7, 11) is 0. The van der Waals surface area contributed by atoms with Crippen LogP contribution in [-0.2, 0) is 11.8 Å². The Morgan fingerprint density at radius 1 is 1.29 bits per heavy atom. The maximum absolute atomic E-state index is 3.55. The molecule has 1 aromatic heterocycles. The van der Waals surface area contributed by atoms with Crippen molar-refractivity contribution >= 4 is 37.4 Å². The van der Waals surface area contributed by atoms with Crippen LogP contribution < -0.4 is 0 Å². The average molecular weight is 269 g/mol. The molecule has 0 saturated heterocycles. The molecule has 0 amide bonds. The number of benzene rings is 1. The SMILES string of the molecule is CCc1cc2c(CBr)cc(C)cc2s1. The Bertz CT molecular complexity index is 457. The van der Waals surface area contributed by atoms with Crippen LogP contribution in [0.3, 0.4) is 0 Å². The van der Waals surface area contributed by atoms with Gasteiger partial charge in [-0.3, -0.25) is 0 Å². The first-order valence-electron chi connectivity index (χ1n) is 4.82. The van der Waals surface area contributed by atoms with Crippen LogP contribution >= 0.6 is 27.3 Å². The first kappa shape index (κ1) is 10.2. The normalized spacial score (nSPS) is 11.1. The molecule has 0 saturated carbocycles. The molecule has 0 nitrogen and oxygen atoms in total. The quantitative estimate of drug-likeness (QED) is 0.695. The minimum absolute atomic E-state index is 0.949. The second-order valence-corrected chi connectivity index (χ2v) is 5.26. The zero-order valence-corrected chi connectivity index (χ0v) is 10.8. The van der Waals surface area contributed by atoms with Crippen LogP contribution in [-0.4, -0.2) is 0 Å². The molecular formula is C12H13BrS. The molecule has 2 heteroatoms. The van der Waals surface area contributed by atoms with E-state index in [1.807, 2.05) is 11.3 Å². The van der Waals surface area contributed by atoms with Crippen molar-refractivity contribution < 1.29 is 0 Å². The summed E-state index contributed by atoms with van der Waals surface area (Å²) in [4.78, 5) is 1.48. The average Bonchev–Trinajstić information content (AvgIpc) is 2.59. The van der Waals surface area contributed by atoms with Gasteiger partial charge < -0.3 is 0 Å². The van der Waals surface area contributed by atoms with E-state index >= 15 is 0 Å². The van der Waals surface area contributed by atoms with Gasteiger partial charge >= 0.3 is 0 Å². The highest BCUT2D eigenvalue weighted by atomic mass is 79.9. The second-order valence-electron chi connectivity index (χ2n) is 3.54. The summed E-state index contributed by atoms with van der Waals surface area (Å²) in [5, 5.41) is 2.37. The number of fused-ring (bicyclic) bond motifs is 1. The highest BCUT2D eigenvalue weighted by molar-refractivity contribution is 9.08. The first-order chi connectivity index (χ1) is 6.74. The Hall–Kier alpha value is -0.340. The van der Waals surface area contributed by atoms with E-state index in [1.165, 1.54) is 26.1 Å². The van der Waals surface area contributed by atoms with E-state index < -0.39 is 0 Å². The molecule has 0 N–H and O–H groups in total. The van der Waals surface area contributed by atoms with E-state index in [9.17, 15) is 0 Å². The van der Waals surface area contributed by atoms with Crippen molar-refractivity contribution in [2.75, 3.05) is 0 Å². The molecule has 1 aromatic carbocycles. The number of halogens is 1. The fourth-order valence-electron chi connectivity index (χ4n) is 1.70. The highest BCUT2D eigenvalue weighted by Gasteiger charge is 2.05. The van der Waals surface area contributed by atoms with E-state index in [0.29, 0.717) is 0 Å². The zero-order chi connectivity index (χ0) is 10.1. The molecule has 14 heavy (non-hydrogen) atoms. The number of thiophene rings is 1. The van der Waals surface area contributed by atoms with Crippen LogP contribution in [0, 0.1) is 6.92 Å². The van der Waals surface area contributed by atoms with Crippen molar-refractivity contribution in [3.63, 3.8) is 0 Å². The number of alkyl halides is 1. The summed E-state index contributed by atoms with van der Waals surface area (Å²) in [6, 6.07) is 6.88. The predicted molar refractivity (Wildman–Crippen MR) is 68.6 cm³/mol. The van der Waals surface area contributed by atoms with Gasteiger partial charge in [0, 0.05) is 14.9 Å². The molecule has 0 spiro atoms. The van der Waals surface area contributed by atoms with Gasteiger partial charge in [0.1, 0.15) is 0 Å². The number of hydrogen-bond acceptors (Lipinski definition) is 1. The fraction of sp³-hybridized carbons (Fsp3) is 0.333. The van der Waals surface area contributed by atoms with Gasteiger partial charge in [-0.25, -0.2) is 0 Å². The van der Waals surface area contributed by atoms with Crippen molar-refractivity contribution in [1.29, 1.82) is 0 Å². The molecule has 0 aliphatic rings. The molecule has 2 aromatic rings. The largest absolute Gasteiger partial charge is 0.140 e. The van der Waals surface area contributed by atoms with Gasteiger partial charge in [-0.1, -0.05) is 28.9 Å². The van der Waals surface area contributed by atoms with Crippen LogP contribution in [0.1, 0.15) is 22.9 Å². The van der Waals surface area contributed by atoms with E-state index in [1.54, 1.807) is 0 Å². The Morgan fingerprint density at radius 2 is 2.07 bits per heavy atom. The summed E-state index contributed by atoms with van der Waals surface area (Å²) in [6.45, 7) is 4.38. The smallest absolute Gasteiger partial charge is 0.0351 e. The Labute approximate surface area is 97.1 Å². The van der Waals surface area contributed by atoms with Gasteiger partial charge in [0.15, 0.2) is 0 Å². The van der Waals surface area contributed by atoms with E-state index in [2.05, 4.69) is 48.0 Å². The summed E-state index contributed by atoms with van der Waals surface area (Å²) < 4.78 is 1.43. The van der Waals surface area contributed by atoms with Gasteiger partial charge in [0.05, 0.1) is 0 Å². The van der Waals surface area contributed by atoms with Gasteiger partial charge in [-0.05, 0) is 42.0 Å². The summed E-state index contributed by atoms with van der Waals surface area (Å²) in [5.74, 6) is 0. The molecule has 1 heterocycles. The lowest BCUT2D eigenvalue weighted by Crippen LogP contribution is -1.80. The summed E-state index contributed by atoms with van der Waals surface area (Å²) in [6.07, 6.45) is 1.14. The van der Waals surface area contributed by atoms with Crippen molar-refractivity contribution in [3.8, 4) is 0 Å².